The molecule has 0 amide bonds. The van der Waals surface area contributed by atoms with E-state index in [9.17, 15) is 13.6 Å². The first-order valence-electron chi connectivity index (χ1n) is 6.19. The number of carbonyl (C=O) groups is 1. The van der Waals surface area contributed by atoms with E-state index >= 15 is 0 Å². The van der Waals surface area contributed by atoms with Gasteiger partial charge in [-0.15, -0.1) is 0 Å². The molecule has 3 rings (SSSR count). The fourth-order valence-corrected chi connectivity index (χ4v) is 2.58. The molecular weight excluding hydrogens is 246 g/mol. The van der Waals surface area contributed by atoms with Crippen molar-refractivity contribution in [3.8, 4) is 0 Å². The summed E-state index contributed by atoms with van der Waals surface area (Å²) in [6.07, 6.45) is 0.806. The van der Waals surface area contributed by atoms with E-state index in [2.05, 4.69) is 0 Å². The number of Topliss-reactive ketones (excluding diaryl/α,β-unsaturated/α-hetero) is 1. The SMILES string of the molecule is O=C(Cc1cc(F)cc(F)c1)C1Cc2ccccc21. The van der Waals surface area contributed by atoms with Crippen LogP contribution in [-0.2, 0) is 17.6 Å². The molecule has 96 valence electrons. The first-order valence-corrected chi connectivity index (χ1v) is 6.19. The van der Waals surface area contributed by atoms with Crippen LogP contribution in [0.1, 0.15) is 22.6 Å². The number of fused-ring (bicyclic) bond motifs is 1. The third kappa shape index (κ3) is 2.28. The Kier molecular flexibility index (Phi) is 2.90. The fourth-order valence-electron chi connectivity index (χ4n) is 2.58. The van der Waals surface area contributed by atoms with Gasteiger partial charge in [0.15, 0.2) is 0 Å². The maximum Gasteiger partial charge on any atom is 0.145 e. The quantitative estimate of drug-likeness (QED) is 0.824. The van der Waals surface area contributed by atoms with Crippen LogP contribution < -0.4 is 0 Å². The lowest BCUT2D eigenvalue weighted by Crippen LogP contribution is -2.26. The molecule has 19 heavy (non-hydrogen) atoms. The van der Waals surface area contributed by atoms with Crippen molar-refractivity contribution in [1.29, 1.82) is 0 Å². The Balaban J connectivity index is 1.77. The summed E-state index contributed by atoms with van der Waals surface area (Å²) in [5.74, 6) is -1.39. The molecule has 1 atom stereocenters. The molecule has 0 saturated heterocycles. The average molecular weight is 258 g/mol. The van der Waals surface area contributed by atoms with Gasteiger partial charge >= 0.3 is 0 Å². The summed E-state index contributed by atoms with van der Waals surface area (Å²) in [4.78, 5) is 12.1. The van der Waals surface area contributed by atoms with Gasteiger partial charge < -0.3 is 0 Å². The van der Waals surface area contributed by atoms with Crippen molar-refractivity contribution >= 4 is 5.78 Å². The Morgan fingerprint density at radius 3 is 2.47 bits per heavy atom. The minimum absolute atomic E-state index is 0.0173. The molecule has 0 fully saturated rings. The highest BCUT2D eigenvalue weighted by Gasteiger charge is 2.31. The first kappa shape index (κ1) is 12.0. The third-order valence-corrected chi connectivity index (χ3v) is 3.54. The monoisotopic (exact) mass is 258 g/mol. The van der Waals surface area contributed by atoms with Crippen molar-refractivity contribution < 1.29 is 13.6 Å². The number of hydrogen-bond donors (Lipinski definition) is 0. The second-order valence-corrected chi connectivity index (χ2v) is 4.88. The molecule has 1 nitrogen and oxygen atoms in total. The van der Waals surface area contributed by atoms with Crippen LogP contribution in [0, 0.1) is 11.6 Å². The molecule has 1 aliphatic rings. The minimum atomic E-state index is -0.642. The van der Waals surface area contributed by atoms with E-state index in [0.29, 0.717) is 5.56 Å². The van der Waals surface area contributed by atoms with Crippen molar-refractivity contribution in [3.63, 3.8) is 0 Å². The molecule has 0 aromatic heterocycles. The predicted octanol–water partition coefficient (Wildman–Crippen LogP) is 3.42. The Bertz CT molecular complexity index is 629. The summed E-state index contributed by atoms with van der Waals surface area (Å²) < 4.78 is 26.1. The zero-order valence-electron chi connectivity index (χ0n) is 10.2. The van der Waals surface area contributed by atoms with Crippen LogP contribution in [0.25, 0.3) is 0 Å². The van der Waals surface area contributed by atoms with Gasteiger partial charge in [-0.05, 0) is 35.2 Å². The highest BCUT2D eigenvalue weighted by Crippen LogP contribution is 2.36. The summed E-state index contributed by atoms with van der Waals surface area (Å²) in [6.45, 7) is 0. The molecule has 0 heterocycles. The third-order valence-electron chi connectivity index (χ3n) is 3.54. The predicted molar refractivity (Wildman–Crippen MR) is 68.0 cm³/mol. The summed E-state index contributed by atoms with van der Waals surface area (Å²) in [5.41, 5.74) is 2.63. The molecule has 0 aliphatic heterocycles. The van der Waals surface area contributed by atoms with Gasteiger partial charge in [-0.1, -0.05) is 24.3 Å². The lowest BCUT2D eigenvalue weighted by molar-refractivity contribution is -0.120. The molecule has 3 heteroatoms. The second kappa shape index (κ2) is 4.57. The standard InChI is InChI=1S/C16H12F2O/c17-12-5-10(6-13(18)9-12)7-16(19)15-8-11-3-1-2-4-14(11)15/h1-6,9,15H,7-8H2. The number of carbonyl (C=O) groups excluding carboxylic acids is 1. The molecule has 0 saturated carbocycles. The van der Waals surface area contributed by atoms with E-state index in [4.69, 9.17) is 0 Å². The van der Waals surface area contributed by atoms with Gasteiger partial charge in [0.05, 0.1) is 0 Å². The van der Waals surface area contributed by atoms with Crippen LogP contribution in [-0.4, -0.2) is 5.78 Å². The van der Waals surface area contributed by atoms with Crippen molar-refractivity contribution in [2.24, 2.45) is 0 Å². The van der Waals surface area contributed by atoms with E-state index in [0.717, 1.165) is 18.1 Å². The molecule has 1 unspecified atom stereocenters. The van der Waals surface area contributed by atoms with Crippen LogP contribution in [0.2, 0.25) is 0 Å². The summed E-state index contributed by atoms with van der Waals surface area (Å²) in [7, 11) is 0. The highest BCUT2D eigenvalue weighted by molar-refractivity contribution is 5.90. The van der Waals surface area contributed by atoms with Crippen LogP contribution in [0.5, 0.6) is 0 Å². The van der Waals surface area contributed by atoms with Crippen LogP contribution in [0.15, 0.2) is 42.5 Å². The molecular formula is C16H12F2O. The van der Waals surface area contributed by atoms with Gasteiger partial charge in [-0.25, -0.2) is 8.78 Å². The van der Waals surface area contributed by atoms with Gasteiger partial charge in [0, 0.05) is 18.4 Å². The molecule has 2 aromatic carbocycles. The molecule has 1 aliphatic carbocycles. The van der Waals surface area contributed by atoms with Crippen LogP contribution in [0.3, 0.4) is 0 Å². The van der Waals surface area contributed by atoms with E-state index in [1.807, 2.05) is 24.3 Å². The first-order chi connectivity index (χ1) is 9.13. The summed E-state index contributed by atoms with van der Waals surface area (Å²) in [6, 6.07) is 11.0. The highest BCUT2D eigenvalue weighted by atomic mass is 19.1. The van der Waals surface area contributed by atoms with Crippen molar-refractivity contribution in [3.05, 3.63) is 70.8 Å². The van der Waals surface area contributed by atoms with Crippen molar-refractivity contribution in [2.75, 3.05) is 0 Å². The Hall–Kier alpha value is -2.03. The zero-order valence-corrected chi connectivity index (χ0v) is 10.2. The fraction of sp³-hybridized carbons (Fsp3) is 0.188. The molecule has 0 spiro atoms. The number of rotatable bonds is 3. The van der Waals surface area contributed by atoms with E-state index in [1.54, 1.807) is 0 Å². The summed E-state index contributed by atoms with van der Waals surface area (Å²) >= 11 is 0. The number of halogens is 2. The van der Waals surface area contributed by atoms with Gasteiger partial charge in [0.2, 0.25) is 0 Å². The van der Waals surface area contributed by atoms with E-state index in [-0.39, 0.29) is 18.1 Å². The van der Waals surface area contributed by atoms with Crippen molar-refractivity contribution in [1.82, 2.24) is 0 Å². The normalized spacial score (nSPS) is 16.6. The molecule has 0 N–H and O–H groups in total. The smallest absolute Gasteiger partial charge is 0.145 e. The lowest BCUT2D eigenvalue weighted by atomic mass is 9.74. The topological polar surface area (TPSA) is 17.1 Å². The number of ketones is 1. The Labute approximate surface area is 109 Å². The van der Waals surface area contributed by atoms with Gasteiger partial charge in [0.25, 0.3) is 0 Å². The largest absolute Gasteiger partial charge is 0.299 e. The molecule has 2 aromatic rings. The van der Waals surface area contributed by atoms with E-state index in [1.165, 1.54) is 17.7 Å². The Morgan fingerprint density at radius 2 is 1.79 bits per heavy atom. The molecule has 0 radical (unpaired) electrons. The Morgan fingerprint density at radius 1 is 1.11 bits per heavy atom. The van der Waals surface area contributed by atoms with Gasteiger partial charge in [-0.2, -0.15) is 0 Å². The van der Waals surface area contributed by atoms with Crippen LogP contribution in [0.4, 0.5) is 8.78 Å². The number of hydrogen-bond acceptors (Lipinski definition) is 1. The maximum absolute atomic E-state index is 13.1. The minimum Gasteiger partial charge on any atom is -0.299 e. The number of benzene rings is 2. The average Bonchev–Trinajstić information content (AvgIpc) is 2.29. The summed E-state index contributed by atoms with van der Waals surface area (Å²) in [5, 5.41) is 0. The lowest BCUT2D eigenvalue weighted by Gasteiger charge is -2.28. The maximum atomic E-state index is 13.1. The van der Waals surface area contributed by atoms with Crippen molar-refractivity contribution in [2.45, 2.75) is 18.8 Å². The molecule has 0 bridgehead atoms. The zero-order chi connectivity index (χ0) is 13.4. The van der Waals surface area contributed by atoms with Crippen LogP contribution >= 0.6 is 0 Å². The second-order valence-electron chi connectivity index (χ2n) is 4.88. The van der Waals surface area contributed by atoms with Gasteiger partial charge in [-0.3, -0.25) is 4.79 Å². The van der Waals surface area contributed by atoms with E-state index < -0.39 is 11.6 Å². The van der Waals surface area contributed by atoms with Gasteiger partial charge in [0.1, 0.15) is 17.4 Å².